The first kappa shape index (κ1) is 24.7. The van der Waals surface area contributed by atoms with Crippen molar-refractivity contribution in [2.45, 2.75) is 53.0 Å². The highest BCUT2D eigenvalue weighted by Crippen LogP contribution is 2.26. The topological polar surface area (TPSA) is 58.6 Å². The molecule has 0 heterocycles. The molecule has 0 aliphatic carbocycles. The lowest BCUT2D eigenvalue weighted by Gasteiger charge is -2.30. The highest BCUT2D eigenvalue weighted by molar-refractivity contribution is 6.32. The number of halogens is 1. The van der Waals surface area contributed by atoms with E-state index in [0.29, 0.717) is 36.7 Å². The predicted molar refractivity (Wildman–Crippen MR) is 126 cm³/mol. The van der Waals surface area contributed by atoms with Gasteiger partial charge in [0.15, 0.2) is 6.61 Å². The molecule has 6 heteroatoms. The smallest absolute Gasteiger partial charge is 0.261 e. The van der Waals surface area contributed by atoms with Gasteiger partial charge in [-0.05, 0) is 61.9 Å². The lowest BCUT2D eigenvalue weighted by molar-refractivity contribution is -0.142. The van der Waals surface area contributed by atoms with Crippen LogP contribution in [0.3, 0.4) is 0 Å². The second-order valence-corrected chi connectivity index (χ2v) is 8.08. The molecule has 0 fully saturated rings. The zero-order valence-corrected chi connectivity index (χ0v) is 19.7. The maximum atomic E-state index is 13.1. The van der Waals surface area contributed by atoms with Gasteiger partial charge in [0, 0.05) is 18.1 Å². The predicted octanol–water partition coefficient (Wildman–Crippen LogP) is 4.71. The molecule has 0 unspecified atom stereocenters. The number of benzene rings is 2. The van der Waals surface area contributed by atoms with Crippen molar-refractivity contribution in [1.29, 1.82) is 0 Å². The third kappa shape index (κ3) is 7.28. The molecule has 2 rings (SSSR count). The van der Waals surface area contributed by atoms with Gasteiger partial charge in [0.1, 0.15) is 11.8 Å². The van der Waals surface area contributed by atoms with Crippen LogP contribution in [-0.2, 0) is 16.0 Å². The van der Waals surface area contributed by atoms with Gasteiger partial charge in [-0.3, -0.25) is 9.59 Å². The summed E-state index contributed by atoms with van der Waals surface area (Å²) in [6.45, 7) is 8.64. The van der Waals surface area contributed by atoms with Crippen LogP contribution in [0.15, 0.2) is 42.5 Å². The number of amides is 2. The van der Waals surface area contributed by atoms with E-state index < -0.39 is 6.04 Å². The van der Waals surface area contributed by atoms with E-state index in [4.69, 9.17) is 16.3 Å². The van der Waals surface area contributed by atoms with Crippen LogP contribution in [0.5, 0.6) is 5.75 Å². The fourth-order valence-electron chi connectivity index (χ4n) is 3.48. The Morgan fingerprint density at radius 3 is 2.32 bits per heavy atom. The van der Waals surface area contributed by atoms with Crippen LogP contribution in [0, 0.1) is 13.8 Å². The lowest BCUT2D eigenvalue weighted by Crippen LogP contribution is -2.51. The van der Waals surface area contributed by atoms with Crippen molar-refractivity contribution in [3.8, 4) is 5.75 Å². The summed E-state index contributed by atoms with van der Waals surface area (Å²) in [4.78, 5) is 27.5. The average molecular weight is 445 g/mol. The Labute approximate surface area is 190 Å². The van der Waals surface area contributed by atoms with Gasteiger partial charge < -0.3 is 15.0 Å². The van der Waals surface area contributed by atoms with Gasteiger partial charge in [-0.15, -0.1) is 0 Å². The van der Waals surface area contributed by atoms with Gasteiger partial charge in [0.05, 0.1) is 0 Å². The third-order valence-corrected chi connectivity index (χ3v) is 5.79. The summed E-state index contributed by atoms with van der Waals surface area (Å²) in [6, 6.07) is 13.1. The summed E-state index contributed by atoms with van der Waals surface area (Å²) >= 11 is 6.22. The van der Waals surface area contributed by atoms with Gasteiger partial charge in [-0.25, -0.2) is 0 Å². The monoisotopic (exact) mass is 444 g/mol. The summed E-state index contributed by atoms with van der Waals surface area (Å²) in [5.74, 6) is 0.267. The number of carbonyl (C=O) groups is 2. The number of hydrogen-bond donors (Lipinski definition) is 1. The molecule has 31 heavy (non-hydrogen) atoms. The Morgan fingerprint density at radius 2 is 1.74 bits per heavy atom. The van der Waals surface area contributed by atoms with Gasteiger partial charge in [0.25, 0.3) is 5.91 Å². The molecule has 0 aromatic heterocycles. The largest absolute Gasteiger partial charge is 0.484 e. The number of nitrogens with zero attached hydrogens (tertiary/aromatic N) is 1. The van der Waals surface area contributed by atoms with E-state index >= 15 is 0 Å². The molecule has 0 saturated carbocycles. The van der Waals surface area contributed by atoms with Crippen molar-refractivity contribution in [1.82, 2.24) is 10.2 Å². The van der Waals surface area contributed by atoms with Crippen molar-refractivity contribution in [3.63, 3.8) is 0 Å². The van der Waals surface area contributed by atoms with Gasteiger partial charge in [-0.2, -0.15) is 0 Å². The molecule has 5 nitrogen and oxygen atoms in total. The summed E-state index contributed by atoms with van der Waals surface area (Å²) in [7, 11) is 0. The van der Waals surface area contributed by atoms with Crippen LogP contribution >= 0.6 is 11.6 Å². The Hall–Kier alpha value is -2.53. The quantitative estimate of drug-likeness (QED) is 0.546. The van der Waals surface area contributed by atoms with Crippen LogP contribution < -0.4 is 10.1 Å². The number of nitrogens with one attached hydrogen (secondary N) is 1. The van der Waals surface area contributed by atoms with Gasteiger partial charge >= 0.3 is 0 Å². The number of hydrogen-bond acceptors (Lipinski definition) is 3. The standard InChI is InChI=1S/C25H33ClN2O3/c1-5-13-27-25(30)22(6-2)28(14-12-20-10-8-7-9-11-20)23(29)17-31-21-15-18(3)24(26)19(4)16-21/h7-11,15-16,22H,5-6,12-14,17H2,1-4H3,(H,27,30)/t22-/m1/s1. The molecule has 2 aromatic rings. The molecule has 168 valence electrons. The Morgan fingerprint density at radius 1 is 1.10 bits per heavy atom. The van der Waals surface area contributed by atoms with Gasteiger partial charge in [0.2, 0.25) is 5.91 Å². The molecule has 0 bridgehead atoms. The highest BCUT2D eigenvalue weighted by Gasteiger charge is 2.28. The van der Waals surface area contributed by atoms with E-state index in [-0.39, 0.29) is 18.4 Å². The normalized spacial score (nSPS) is 11.6. The van der Waals surface area contributed by atoms with Gasteiger partial charge in [-0.1, -0.05) is 55.8 Å². The van der Waals surface area contributed by atoms with Crippen LogP contribution in [0.1, 0.15) is 43.4 Å². The first-order valence-corrected chi connectivity index (χ1v) is 11.3. The first-order valence-electron chi connectivity index (χ1n) is 10.9. The average Bonchev–Trinajstić information content (AvgIpc) is 2.77. The van der Waals surface area contributed by atoms with Crippen LogP contribution in [-0.4, -0.2) is 42.5 Å². The van der Waals surface area contributed by atoms with Crippen molar-refractivity contribution < 1.29 is 14.3 Å². The Kier molecular flexibility index (Phi) is 9.86. The maximum Gasteiger partial charge on any atom is 0.261 e. The fourth-order valence-corrected chi connectivity index (χ4v) is 3.59. The van der Waals surface area contributed by atoms with Crippen LogP contribution in [0.4, 0.5) is 0 Å². The molecule has 2 amide bonds. The molecular formula is C25H33ClN2O3. The maximum absolute atomic E-state index is 13.1. The zero-order valence-electron chi connectivity index (χ0n) is 18.9. The second kappa shape index (κ2) is 12.4. The molecule has 0 aliphatic rings. The molecular weight excluding hydrogens is 412 g/mol. The van der Waals surface area contributed by atoms with E-state index in [2.05, 4.69) is 5.32 Å². The van der Waals surface area contributed by atoms with Crippen molar-refractivity contribution in [2.24, 2.45) is 0 Å². The van der Waals surface area contributed by atoms with E-state index in [0.717, 1.165) is 23.1 Å². The minimum atomic E-state index is -0.528. The molecule has 0 saturated heterocycles. The number of rotatable bonds is 11. The molecule has 1 N–H and O–H groups in total. The second-order valence-electron chi connectivity index (χ2n) is 7.70. The lowest BCUT2D eigenvalue weighted by atomic mass is 10.1. The first-order chi connectivity index (χ1) is 14.9. The number of aryl methyl sites for hydroxylation is 2. The minimum absolute atomic E-state index is 0.121. The summed E-state index contributed by atoms with van der Waals surface area (Å²) in [5, 5.41) is 3.62. The van der Waals surface area contributed by atoms with E-state index in [9.17, 15) is 9.59 Å². The molecule has 1 atom stereocenters. The molecule has 2 aromatic carbocycles. The Balaban J connectivity index is 2.14. The van der Waals surface area contributed by atoms with Crippen LogP contribution in [0.2, 0.25) is 5.02 Å². The summed E-state index contributed by atoms with van der Waals surface area (Å²) in [6.07, 6.45) is 2.05. The zero-order chi connectivity index (χ0) is 22.8. The number of ether oxygens (including phenoxy) is 1. The van der Waals surface area contributed by atoms with E-state index in [1.54, 1.807) is 4.90 Å². The SMILES string of the molecule is CCCNC(=O)[C@@H](CC)N(CCc1ccccc1)C(=O)COc1cc(C)c(Cl)c(C)c1. The molecule has 0 radical (unpaired) electrons. The van der Waals surface area contributed by atoms with Crippen molar-refractivity contribution in [3.05, 3.63) is 64.2 Å². The van der Waals surface area contributed by atoms with Crippen molar-refractivity contribution >= 4 is 23.4 Å². The summed E-state index contributed by atoms with van der Waals surface area (Å²) < 4.78 is 5.79. The Bertz CT molecular complexity index is 847. The van der Waals surface area contributed by atoms with E-state index in [1.165, 1.54) is 0 Å². The molecule has 0 spiro atoms. The van der Waals surface area contributed by atoms with E-state index in [1.807, 2.05) is 70.2 Å². The fraction of sp³-hybridized carbons (Fsp3) is 0.440. The van der Waals surface area contributed by atoms with Crippen molar-refractivity contribution in [2.75, 3.05) is 19.7 Å². The highest BCUT2D eigenvalue weighted by atomic mass is 35.5. The minimum Gasteiger partial charge on any atom is -0.484 e. The number of carbonyl (C=O) groups excluding carboxylic acids is 2. The molecule has 0 aliphatic heterocycles. The van der Waals surface area contributed by atoms with Crippen LogP contribution in [0.25, 0.3) is 0 Å². The third-order valence-electron chi connectivity index (χ3n) is 5.19. The summed E-state index contributed by atoms with van der Waals surface area (Å²) in [5.41, 5.74) is 2.92.